The Balaban J connectivity index is 1.83. The van der Waals surface area contributed by atoms with Gasteiger partial charge in [-0.05, 0) is 72.0 Å². The van der Waals surface area contributed by atoms with Gasteiger partial charge in [0, 0.05) is 23.1 Å². The quantitative estimate of drug-likeness (QED) is 0.805. The molecule has 1 aliphatic rings. The monoisotopic (exact) mass is 373 g/mol. The molecule has 0 bridgehead atoms. The van der Waals surface area contributed by atoms with E-state index in [0.29, 0.717) is 12.3 Å². The van der Waals surface area contributed by atoms with Crippen LogP contribution in [0.3, 0.4) is 0 Å². The van der Waals surface area contributed by atoms with Crippen molar-refractivity contribution in [2.24, 2.45) is 5.92 Å². The summed E-state index contributed by atoms with van der Waals surface area (Å²) in [6.45, 7) is 3.16. The van der Waals surface area contributed by atoms with Crippen LogP contribution in [-0.2, 0) is 11.3 Å². The fourth-order valence-electron chi connectivity index (χ4n) is 2.71. The van der Waals surface area contributed by atoms with Crippen molar-refractivity contribution in [1.29, 1.82) is 0 Å². The first-order valence-corrected chi connectivity index (χ1v) is 7.90. The lowest BCUT2D eigenvalue weighted by Crippen LogP contribution is -2.35. The number of piperidine rings is 1. The molecule has 0 saturated carbocycles. The number of aliphatic carboxylic acids is 1. The first kappa shape index (κ1) is 14.8. The van der Waals surface area contributed by atoms with Gasteiger partial charge in [-0.25, -0.2) is 0 Å². The highest BCUT2D eigenvalue weighted by molar-refractivity contribution is 14.1. The van der Waals surface area contributed by atoms with Crippen molar-refractivity contribution in [3.05, 3.63) is 33.4 Å². The molecule has 0 spiro atoms. The lowest BCUT2D eigenvalue weighted by Gasteiger charge is -2.32. The molecule has 1 aliphatic heterocycles. The molecule has 0 radical (unpaired) electrons. The van der Waals surface area contributed by atoms with Crippen LogP contribution in [0.25, 0.3) is 0 Å². The van der Waals surface area contributed by atoms with Gasteiger partial charge < -0.3 is 5.11 Å². The number of carbonyl (C=O) groups is 1. The van der Waals surface area contributed by atoms with E-state index in [1.165, 1.54) is 22.0 Å². The number of benzene rings is 1. The molecule has 1 atom stereocenters. The molecule has 1 unspecified atom stereocenters. The van der Waals surface area contributed by atoms with E-state index in [-0.39, 0.29) is 0 Å². The Kier molecular flexibility index (Phi) is 5.63. The van der Waals surface area contributed by atoms with Crippen molar-refractivity contribution in [2.45, 2.75) is 32.2 Å². The van der Waals surface area contributed by atoms with Gasteiger partial charge in [0.05, 0.1) is 0 Å². The number of rotatable bonds is 5. The minimum Gasteiger partial charge on any atom is -0.481 e. The molecule has 104 valence electrons. The van der Waals surface area contributed by atoms with Gasteiger partial charge in [0.25, 0.3) is 0 Å². The van der Waals surface area contributed by atoms with Gasteiger partial charge in [-0.3, -0.25) is 9.69 Å². The first-order valence-electron chi connectivity index (χ1n) is 6.82. The van der Waals surface area contributed by atoms with Gasteiger partial charge in [0.2, 0.25) is 0 Å². The second-order valence-corrected chi connectivity index (χ2v) is 6.55. The van der Waals surface area contributed by atoms with Gasteiger partial charge in [0.15, 0.2) is 0 Å². The molecule has 1 aromatic carbocycles. The zero-order valence-corrected chi connectivity index (χ0v) is 13.2. The molecular weight excluding hydrogens is 353 g/mol. The van der Waals surface area contributed by atoms with Crippen molar-refractivity contribution in [2.75, 3.05) is 13.1 Å². The molecule has 1 heterocycles. The van der Waals surface area contributed by atoms with Crippen LogP contribution in [0.15, 0.2) is 24.3 Å². The molecule has 0 amide bonds. The van der Waals surface area contributed by atoms with Crippen LogP contribution in [0.4, 0.5) is 0 Å². The number of halogens is 1. The van der Waals surface area contributed by atoms with Crippen molar-refractivity contribution in [3.63, 3.8) is 0 Å². The smallest absolute Gasteiger partial charge is 0.303 e. The summed E-state index contributed by atoms with van der Waals surface area (Å²) in [4.78, 5) is 13.1. The largest absolute Gasteiger partial charge is 0.481 e. The van der Waals surface area contributed by atoms with Crippen LogP contribution in [-0.4, -0.2) is 29.1 Å². The van der Waals surface area contributed by atoms with Gasteiger partial charge in [-0.2, -0.15) is 0 Å². The SMILES string of the molecule is O=C(O)CCC1CCCN(Cc2ccc(I)cc2)C1. The fraction of sp³-hybridized carbons (Fsp3) is 0.533. The topological polar surface area (TPSA) is 40.5 Å². The Labute approximate surface area is 128 Å². The van der Waals surface area contributed by atoms with E-state index in [1.807, 2.05) is 0 Å². The Bertz CT molecular complexity index is 419. The summed E-state index contributed by atoms with van der Waals surface area (Å²) in [5.41, 5.74) is 1.35. The summed E-state index contributed by atoms with van der Waals surface area (Å²) in [6.07, 6.45) is 3.49. The maximum atomic E-state index is 10.6. The third kappa shape index (κ3) is 5.10. The van der Waals surface area contributed by atoms with Gasteiger partial charge in [-0.1, -0.05) is 12.1 Å². The molecule has 3 nitrogen and oxygen atoms in total. The summed E-state index contributed by atoms with van der Waals surface area (Å²) in [5, 5.41) is 8.76. The Morgan fingerprint density at radius 1 is 1.37 bits per heavy atom. The van der Waals surface area contributed by atoms with Crippen LogP contribution in [0.5, 0.6) is 0 Å². The maximum Gasteiger partial charge on any atom is 0.303 e. The summed E-state index contributed by atoms with van der Waals surface area (Å²) in [5.74, 6) is -0.122. The Morgan fingerprint density at radius 3 is 2.79 bits per heavy atom. The predicted octanol–water partition coefficient (Wildman–Crippen LogP) is 3.37. The summed E-state index contributed by atoms with van der Waals surface area (Å²) >= 11 is 2.32. The molecule has 0 aliphatic carbocycles. The van der Waals surface area contributed by atoms with Crippen molar-refractivity contribution < 1.29 is 9.90 Å². The Hall–Kier alpha value is -0.620. The lowest BCUT2D eigenvalue weighted by atomic mass is 9.93. The second kappa shape index (κ2) is 7.24. The molecule has 4 heteroatoms. The predicted molar refractivity (Wildman–Crippen MR) is 84.0 cm³/mol. The second-order valence-electron chi connectivity index (χ2n) is 5.30. The van der Waals surface area contributed by atoms with Crippen molar-refractivity contribution >= 4 is 28.6 Å². The van der Waals surface area contributed by atoms with E-state index < -0.39 is 5.97 Å². The number of hydrogen-bond donors (Lipinski definition) is 1. The number of nitrogens with zero attached hydrogens (tertiary/aromatic N) is 1. The minimum atomic E-state index is -0.672. The van der Waals surface area contributed by atoms with E-state index in [9.17, 15) is 4.79 Å². The van der Waals surface area contributed by atoms with Crippen LogP contribution >= 0.6 is 22.6 Å². The molecule has 0 aromatic heterocycles. The van der Waals surface area contributed by atoms with Crippen LogP contribution < -0.4 is 0 Å². The van der Waals surface area contributed by atoms with E-state index in [2.05, 4.69) is 51.8 Å². The molecule has 1 saturated heterocycles. The highest BCUT2D eigenvalue weighted by Gasteiger charge is 2.20. The minimum absolute atomic E-state index is 0.308. The van der Waals surface area contributed by atoms with E-state index >= 15 is 0 Å². The molecule has 2 rings (SSSR count). The van der Waals surface area contributed by atoms with Crippen molar-refractivity contribution in [1.82, 2.24) is 4.90 Å². The summed E-state index contributed by atoms with van der Waals surface area (Å²) in [7, 11) is 0. The third-order valence-electron chi connectivity index (χ3n) is 3.69. The maximum absolute atomic E-state index is 10.6. The average Bonchev–Trinajstić information content (AvgIpc) is 2.40. The first-order chi connectivity index (χ1) is 9.13. The average molecular weight is 373 g/mol. The van der Waals surface area contributed by atoms with E-state index in [4.69, 9.17) is 5.11 Å². The standard InChI is InChI=1S/C15H20INO2/c16-14-6-3-13(4-7-14)11-17-9-1-2-12(10-17)5-8-15(18)19/h3-4,6-7,12H,1-2,5,8-11H2,(H,18,19). The molecule has 1 fully saturated rings. The third-order valence-corrected chi connectivity index (χ3v) is 4.41. The summed E-state index contributed by atoms with van der Waals surface area (Å²) < 4.78 is 1.26. The van der Waals surface area contributed by atoms with Crippen LogP contribution in [0, 0.1) is 9.49 Å². The highest BCUT2D eigenvalue weighted by Crippen LogP contribution is 2.22. The van der Waals surface area contributed by atoms with E-state index in [1.54, 1.807) is 0 Å². The van der Waals surface area contributed by atoms with Crippen LogP contribution in [0.2, 0.25) is 0 Å². The fourth-order valence-corrected chi connectivity index (χ4v) is 3.07. The molecule has 1 aromatic rings. The molecule has 1 N–H and O–H groups in total. The number of carboxylic acid groups (broad SMARTS) is 1. The zero-order valence-electron chi connectivity index (χ0n) is 11.0. The molecule has 19 heavy (non-hydrogen) atoms. The van der Waals surface area contributed by atoms with Gasteiger partial charge in [-0.15, -0.1) is 0 Å². The lowest BCUT2D eigenvalue weighted by molar-refractivity contribution is -0.137. The van der Waals surface area contributed by atoms with Gasteiger partial charge >= 0.3 is 5.97 Å². The number of likely N-dealkylation sites (tertiary alicyclic amines) is 1. The normalized spacial score (nSPS) is 20.4. The zero-order chi connectivity index (χ0) is 13.7. The number of hydrogen-bond acceptors (Lipinski definition) is 2. The highest BCUT2D eigenvalue weighted by atomic mass is 127. The number of carboxylic acids is 1. The van der Waals surface area contributed by atoms with Crippen molar-refractivity contribution in [3.8, 4) is 0 Å². The molecular formula is C15H20INO2. The van der Waals surface area contributed by atoms with Crippen LogP contribution in [0.1, 0.15) is 31.2 Å². The van der Waals surface area contributed by atoms with E-state index in [0.717, 1.165) is 26.1 Å². The summed E-state index contributed by atoms with van der Waals surface area (Å²) in [6, 6.07) is 8.65. The van der Waals surface area contributed by atoms with Gasteiger partial charge in [0.1, 0.15) is 0 Å². The Morgan fingerprint density at radius 2 is 2.11 bits per heavy atom.